The van der Waals surface area contributed by atoms with Crippen LogP contribution < -0.4 is 10.1 Å². The molecule has 1 aromatic carbocycles. The van der Waals surface area contributed by atoms with E-state index < -0.39 is 10.8 Å². The highest BCUT2D eigenvalue weighted by atomic mass is 32.2. The van der Waals surface area contributed by atoms with Crippen molar-refractivity contribution in [1.29, 1.82) is 5.26 Å². The quantitative estimate of drug-likeness (QED) is 0.498. The number of nitrogens with one attached hydrogen (secondary N) is 1. The number of thioether (sulfide) groups is 1. The van der Waals surface area contributed by atoms with Gasteiger partial charge in [-0.15, -0.1) is 16.8 Å². The normalized spacial score (nSPS) is 14.0. The van der Waals surface area contributed by atoms with Crippen LogP contribution in [0.15, 0.2) is 42.1 Å². The van der Waals surface area contributed by atoms with Crippen LogP contribution in [0.5, 0.6) is 5.75 Å². The van der Waals surface area contributed by atoms with Gasteiger partial charge in [0.1, 0.15) is 11.3 Å². The zero-order chi connectivity index (χ0) is 21.6. The summed E-state index contributed by atoms with van der Waals surface area (Å²) in [7, 11) is 1.61. The van der Waals surface area contributed by atoms with Crippen molar-refractivity contribution in [2.75, 3.05) is 7.11 Å². The molecule has 1 heterocycles. The molecule has 29 heavy (non-hydrogen) atoms. The van der Waals surface area contributed by atoms with E-state index in [-0.39, 0.29) is 11.8 Å². The number of carbonyl (C=O) groups is 1. The molecule has 8 heteroatoms. The van der Waals surface area contributed by atoms with Crippen molar-refractivity contribution in [1.82, 2.24) is 20.1 Å². The number of ether oxygens (including phenoxy) is 1. The van der Waals surface area contributed by atoms with Crippen LogP contribution >= 0.6 is 11.8 Å². The first-order valence-electron chi connectivity index (χ1n) is 9.34. The van der Waals surface area contributed by atoms with E-state index in [4.69, 9.17) is 4.74 Å². The number of hydrogen-bond donors (Lipinski definition) is 1. The maximum atomic E-state index is 12.7. The highest BCUT2D eigenvalue weighted by Crippen LogP contribution is 2.32. The zero-order valence-corrected chi connectivity index (χ0v) is 18.3. The van der Waals surface area contributed by atoms with E-state index in [9.17, 15) is 10.1 Å². The van der Waals surface area contributed by atoms with Gasteiger partial charge in [0.25, 0.3) is 0 Å². The minimum absolute atomic E-state index is 0.0183. The van der Waals surface area contributed by atoms with E-state index in [1.807, 2.05) is 42.7 Å². The molecule has 0 unspecified atom stereocenters. The molecule has 0 fully saturated rings. The molecule has 7 nitrogen and oxygen atoms in total. The van der Waals surface area contributed by atoms with Crippen LogP contribution in [0, 0.1) is 17.2 Å². The van der Waals surface area contributed by atoms with E-state index in [1.54, 1.807) is 27.0 Å². The lowest BCUT2D eigenvalue weighted by molar-refractivity contribution is -0.121. The maximum Gasteiger partial charge on any atom is 0.234 e. The number of hydrogen-bond acceptors (Lipinski definition) is 6. The minimum Gasteiger partial charge on any atom is -0.496 e. The minimum atomic E-state index is -0.927. The first-order valence-corrected chi connectivity index (χ1v) is 10.2. The molecule has 0 spiro atoms. The molecule has 1 amide bonds. The van der Waals surface area contributed by atoms with Crippen LogP contribution in [-0.2, 0) is 11.3 Å². The number of amides is 1. The molecule has 0 radical (unpaired) electrons. The third-order valence-electron chi connectivity index (χ3n) is 4.80. The van der Waals surface area contributed by atoms with Gasteiger partial charge in [0.15, 0.2) is 11.0 Å². The summed E-state index contributed by atoms with van der Waals surface area (Å²) in [6, 6.07) is 9.76. The number of benzene rings is 1. The van der Waals surface area contributed by atoms with Crippen LogP contribution in [0.25, 0.3) is 11.4 Å². The second-order valence-electron chi connectivity index (χ2n) is 7.12. The molecule has 1 aromatic heterocycles. The monoisotopic (exact) mass is 413 g/mol. The van der Waals surface area contributed by atoms with E-state index in [0.29, 0.717) is 23.3 Å². The molecular formula is C21H27N5O2S. The summed E-state index contributed by atoms with van der Waals surface area (Å²) in [5.74, 6) is 1.09. The van der Waals surface area contributed by atoms with Gasteiger partial charge in [-0.1, -0.05) is 43.8 Å². The summed E-state index contributed by atoms with van der Waals surface area (Å²) < 4.78 is 7.34. The number of methoxy groups -OCH3 is 1. The lowest BCUT2D eigenvalue weighted by atomic mass is 9.90. The number of nitrogens with zero attached hydrogens (tertiary/aromatic N) is 4. The molecule has 2 rings (SSSR count). The predicted molar refractivity (Wildman–Crippen MR) is 115 cm³/mol. The van der Waals surface area contributed by atoms with Gasteiger partial charge in [-0.2, -0.15) is 5.26 Å². The third kappa shape index (κ3) is 4.98. The average Bonchev–Trinajstić information content (AvgIpc) is 3.09. The lowest BCUT2D eigenvalue weighted by Crippen LogP contribution is -2.51. The van der Waals surface area contributed by atoms with Crippen molar-refractivity contribution in [3.63, 3.8) is 0 Å². The Labute approximate surface area is 176 Å². The summed E-state index contributed by atoms with van der Waals surface area (Å²) in [6.07, 6.45) is 1.75. The number of allylic oxidation sites excluding steroid dienone is 1. The largest absolute Gasteiger partial charge is 0.496 e. The number of para-hydroxylation sites is 1. The van der Waals surface area contributed by atoms with Crippen LogP contribution in [-0.4, -0.2) is 38.6 Å². The summed E-state index contributed by atoms with van der Waals surface area (Å²) in [6.45, 7) is 11.6. The Bertz CT molecular complexity index is 918. The molecule has 0 saturated carbocycles. The first kappa shape index (κ1) is 22.5. The Hall–Kier alpha value is -2.79. The molecule has 154 valence electrons. The van der Waals surface area contributed by atoms with Crippen molar-refractivity contribution in [2.45, 2.75) is 50.2 Å². The van der Waals surface area contributed by atoms with Crippen molar-refractivity contribution in [3.05, 3.63) is 36.9 Å². The van der Waals surface area contributed by atoms with E-state index >= 15 is 0 Å². The molecule has 2 aromatic rings. The third-order valence-corrected chi connectivity index (χ3v) is 5.88. The molecule has 0 bridgehead atoms. The Balaban J connectivity index is 2.29. The van der Waals surface area contributed by atoms with Crippen LogP contribution in [0.2, 0.25) is 0 Å². The van der Waals surface area contributed by atoms with Gasteiger partial charge in [-0.25, -0.2) is 0 Å². The smallest absolute Gasteiger partial charge is 0.234 e. The topological polar surface area (TPSA) is 92.8 Å². The number of aromatic nitrogens is 3. The summed E-state index contributed by atoms with van der Waals surface area (Å²) in [5, 5.41) is 21.0. The second-order valence-corrected chi connectivity index (χ2v) is 8.43. The van der Waals surface area contributed by atoms with Gasteiger partial charge in [0.05, 0.1) is 24.0 Å². The predicted octanol–water partition coefficient (Wildman–Crippen LogP) is 3.67. The summed E-state index contributed by atoms with van der Waals surface area (Å²) in [5.41, 5.74) is -0.117. The van der Waals surface area contributed by atoms with Gasteiger partial charge in [-0.3, -0.25) is 9.36 Å². The molecular weight excluding hydrogens is 386 g/mol. The van der Waals surface area contributed by atoms with Crippen LogP contribution in [0.1, 0.15) is 27.7 Å². The van der Waals surface area contributed by atoms with E-state index in [0.717, 1.165) is 5.56 Å². The van der Waals surface area contributed by atoms with Gasteiger partial charge in [0.2, 0.25) is 5.91 Å². The van der Waals surface area contributed by atoms with E-state index in [2.05, 4.69) is 28.2 Å². The molecule has 1 N–H and O–H groups in total. The van der Waals surface area contributed by atoms with Crippen molar-refractivity contribution in [3.8, 4) is 23.2 Å². The number of nitriles is 1. The highest BCUT2D eigenvalue weighted by molar-refractivity contribution is 8.00. The van der Waals surface area contributed by atoms with Gasteiger partial charge in [-0.05, 0) is 31.9 Å². The van der Waals surface area contributed by atoms with Crippen molar-refractivity contribution < 1.29 is 9.53 Å². The fraction of sp³-hybridized carbons (Fsp3) is 0.429. The van der Waals surface area contributed by atoms with E-state index in [1.165, 1.54) is 11.8 Å². The molecule has 0 aliphatic carbocycles. The van der Waals surface area contributed by atoms with Crippen LogP contribution in [0.4, 0.5) is 0 Å². The summed E-state index contributed by atoms with van der Waals surface area (Å²) in [4.78, 5) is 12.7. The Morgan fingerprint density at radius 2 is 2.10 bits per heavy atom. The van der Waals surface area contributed by atoms with Crippen molar-refractivity contribution in [2.24, 2.45) is 5.92 Å². The Morgan fingerprint density at radius 3 is 2.69 bits per heavy atom. The van der Waals surface area contributed by atoms with Gasteiger partial charge in [0, 0.05) is 6.54 Å². The summed E-state index contributed by atoms with van der Waals surface area (Å²) >= 11 is 1.29. The van der Waals surface area contributed by atoms with Crippen LogP contribution in [0.3, 0.4) is 0 Å². The average molecular weight is 414 g/mol. The SMILES string of the molecule is C=CCn1c(S[C@@H](C)C(=O)N[C@@](C)(C#N)C(C)C)nnc1-c1ccccc1OC. The number of carbonyl (C=O) groups excluding carboxylic acids is 1. The maximum absolute atomic E-state index is 12.7. The van der Waals surface area contributed by atoms with Gasteiger partial charge < -0.3 is 10.1 Å². The molecule has 0 aliphatic rings. The Morgan fingerprint density at radius 1 is 1.41 bits per heavy atom. The van der Waals surface area contributed by atoms with Crippen molar-refractivity contribution >= 4 is 17.7 Å². The number of rotatable bonds is 9. The first-order chi connectivity index (χ1) is 13.8. The standard InChI is InChI=1S/C21H27N5O2S/c1-7-12-26-18(16-10-8-9-11-17(16)28-6)24-25-20(26)29-15(4)19(27)23-21(5,13-22)14(2)3/h7-11,14-15H,1,12H2,2-6H3,(H,23,27)/t15-,21-/m0/s1. The highest BCUT2D eigenvalue weighted by Gasteiger charge is 2.32. The molecule has 2 atom stereocenters. The fourth-order valence-electron chi connectivity index (χ4n) is 2.57. The molecule has 0 aliphatic heterocycles. The fourth-order valence-corrected chi connectivity index (χ4v) is 3.43. The van der Waals surface area contributed by atoms with Gasteiger partial charge >= 0.3 is 0 Å². The lowest BCUT2D eigenvalue weighted by Gasteiger charge is -2.28. The Kier molecular flexibility index (Phi) is 7.46. The molecule has 0 saturated heterocycles. The second kappa shape index (κ2) is 9.61. The zero-order valence-electron chi connectivity index (χ0n) is 17.5.